The lowest BCUT2D eigenvalue weighted by Crippen LogP contribution is -2.65. The molecule has 2 aliphatic carbocycles. The van der Waals surface area contributed by atoms with Crippen LogP contribution in [0.25, 0.3) is 0 Å². The van der Waals surface area contributed by atoms with Crippen LogP contribution in [0.4, 0.5) is 0 Å². The quantitative estimate of drug-likeness (QED) is 0.822. The zero-order chi connectivity index (χ0) is 14.2. The maximum Gasteiger partial charge on any atom is 0.0309 e. The van der Waals surface area contributed by atoms with Crippen molar-refractivity contribution in [2.45, 2.75) is 96.2 Å². The Balaban J connectivity index is 1.68. The first-order valence-electron chi connectivity index (χ1n) is 9.04. The highest BCUT2D eigenvalue weighted by atomic mass is 15.3. The molecule has 2 heteroatoms. The first-order valence-corrected chi connectivity index (χ1v) is 9.04. The normalized spacial score (nSPS) is 34.6. The molecule has 0 radical (unpaired) electrons. The standard InChI is InChI=1S/C18H34N2/c1-4-15-13-19-18(9-5-6-10-18)14-20(15)16-7-11-17(2,3)12-8-16/h15-16,19H,4-14H2,1-3H3. The molecule has 0 aromatic carbocycles. The average molecular weight is 278 g/mol. The minimum absolute atomic E-state index is 0.485. The molecule has 3 aliphatic rings. The highest BCUT2D eigenvalue weighted by Crippen LogP contribution is 2.40. The van der Waals surface area contributed by atoms with Crippen molar-refractivity contribution in [3.8, 4) is 0 Å². The van der Waals surface area contributed by atoms with Crippen molar-refractivity contribution in [2.75, 3.05) is 13.1 Å². The van der Waals surface area contributed by atoms with E-state index in [1.165, 1.54) is 70.9 Å². The number of hydrogen-bond acceptors (Lipinski definition) is 2. The predicted molar refractivity (Wildman–Crippen MR) is 86.0 cm³/mol. The Kier molecular flexibility index (Phi) is 4.16. The van der Waals surface area contributed by atoms with Gasteiger partial charge in [0.2, 0.25) is 0 Å². The molecule has 2 nitrogen and oxygen atoms in total. The van der Waals surface area contributed by atoms with Crippen molar-refractivity contribution >= 4 is 0 Å². The fourth-order valence-electron chi connectivity index (χ4n) is 4.89. The highest BCUT2D eigenvalue weighted by molar-refractivity contribution is 5.02. The van der Waals surface area contributed by atoms with Crippen LogP contribution in [0.2, 0.25) is 0 Å². The lowest BCUT2D eigenvalue weighted by atomic mass is 9.74. The second-order valence-corrected chi connectivity index (χ2v) is 8.50. The summed E-state index contributed by atoms with van der Waals surface area (Å²) in [6.07, 6.45) is 12.7. The second kappa shape index (κ2) is 5.61. The Morgan fingerprint density at radius 1 is 1.05 bits per heavy atom. The molecule has 1 N–H and O–H groups in total. The van der Waals surface area contributed by atoms with Crippen molar-refractivity contribution in [1.29, 1.82) is 0 Å². The van der Waals surface area contributed by atoms with Crippen LogP contribution >= 0.6 is 0 Å². The molecule has 1 atom stereocenters. The first kappa shape index (κ1) is 14.8. The Bertz CT molecular complexity index is 320. The molecule has 1 aliphatic heterocycles. The summed E-state index contributed by atoms with van der Waals surface area (Å²) in [4.78, 5) is 2.93. The molecule has 3 fully saturated rings. The molecule has 0 amide bonds. The van der Waals surface area contributed by atoms with Crippen molar-refractivity contribution in [3.63, 3.8) is 0 Å². The van der Waals surface area contributed by atoms with Crippen LogP contribution < -0.4 is 5.32 Å². The van der Waals surface area contributed by atoms with E-state index in [4.69, 9.17) is 0 Å². The minimum atomic E-state index is 0.485. The smallest absolute Gasteiger partial charge is 0.0309 e. The maximum absolute atomic E-state index is 3.94. The van der Waals surface area contributed by atoms with E-state index in [0.29, 0.717) is 11.0 Å². The molecule has 0 bridgehead atoms. The van der Waals surface area contributed by atoms with Gasteiger partial charge in [-0.3, -0.25) is 4.90 Å². The third-order valence-corrected chi connectivity index (χ3v) is 6.48. The predicted octanol–water partition coefficient (Wildman–Crippen LogP) is 3.95. The molecule has 116 valence electrons. The second-order valence-electron chi connectivity index (χ2n) is 8.50. The van der Waals surface area contributed by atoms with Crippen molar-refractivity contribution in [1.82, 2.24) is 10.2 Å². The van der Waals surface area contributed by atoms with Gasteiger partial charge in [0.15, 0.2) is 0 Å². The summed E-state index contributed by atoms with van der Waals surface area (Å²) in [6, 6.07) is 1.65. The zero-order valence-electron chi connectivity index (χ0n) is 13.9. The summed E-state index contributed by atoms with van der Waals surface area (Å²) in [5.74, 6) is 0. The molecule has 0 aromatic heterocycles. The van der Waals surface area contributed by atoms with Crippen LogP contribution in [0.15, 0.2) is 0 Å². The monoisotopic (exact) mass is 278 g/mol. The van der Waals surface area contributed by atoms with Crippen LogP contribution in [0.3, 0.4) is 0 Å². The molecule has 20 heavy (non-hydrogen) atoms. The number of hydrogen-bond donors (Lipinski definition) is 1. The summed E-state index contributed by atoms with van der Waals surface area (Å²) in [5, 5.41) is 3.94. The fraction of sp³-hybridized carbons (Fsp3) is 1.00. The summed E-state index contributed by atoms with van der Waals surface area (Å²) in [7, 11) is 0. The Morgan fingerprint density at radius 2 is 1.70 bits per heavy atom. The van der Waals surface area contributed by atoms with Gasteiger partial charge in [0, 0.05) is 30.7 Å². The number of piperazine rings is 1. The van der Waals surface area contributed by atoms with E-state index in [9.17, 15) is 0 Å². The summed E-state index contributed by atoms with van der Waals surface area (Å²) in [5.41, 5.74) is 1.08. The molecular weight excluding hydrogens is 244 g/mol. The third-order valence-electron chi connectivity index (χ3n) is 6.48. The van der Waals surface area contributed by atoms with Crippen molar-refractivity contribution in [2.24, 2.45) is 5.41 Å². The average Bonchev–Trinajstić information content (AvgIpc) is 2.87. The van der Waals surface area contributed by atoms with Crippen LogP contribution in [0.1, 0.15) is 78.6 Å². The number of nitrogens with zero attached hydrogens (tertiary/aromatic N) is 1. The highest BCUT2D eigenvalue weighted by Gasteiger charge is 2.43. The van der Waals surface area contributed by atoms with E-state index >= 15 is 0 Å². The molecule has 1 heterocycles. The van der Waals surface area contributed by atoms with Gasteiger partial charge in [0.05, 0.1) is 0 Å². The first-order chi connectivity index (χ1) is 9.54. The zero-order valence-corrected chi connectivity index (χ0v) is 13.9. The van der Waals surface area contributed by atoms with Gasteiger partial charge in [-0.2, -0.15) is 0 Å². The van der Waals surface area contributed by atoms with Crippen LogP contribution in [0, 0.1) is 5.41 Å². The fourth-order valence-corrected chi connectivity index (χ4v) is 4.89. The summed E-state index contributed by atoms with van der Waals surface area (Å²) in [6.45, 7) is 9.85. The van der Waals surface area contributed by atoms with E-state index in [2.05, 4.69) is 31.0 Å². The van der Waals surface area contributed by atoms with Gasteiger partial charge in [-0.1, -0.05) is 33.6 Å². The largest absolute Gasteiger partial charge is 0.308 e. The molecule has 0 aromatic rings. The summed E-state index contributed by atoms with van der Waals surface area (Å²) >= 11 is 0. The van der Waals surface area contributed by atoms with E-state index in [1.54, 1.807) is 0 Å². The lowest BCUT2D eigenvalue weighted by Gasteiger charge is -2.51. The van der Waals surface area contributed by atoms with Crippen molar-refractivity contribution < 1.29 is 0 Å². The van der Waals surface area contributed by atoms with Crippen LogP contribution in [0.5, 0.6) is 0 Å². The molecular formula is C18H34N2. The van der Waals surface area contributed by atoms with Gasteiger partial charge in [-0.15, -0.1) is 0 Å². The van der Waals surface area contributed by atoms with Gasteiger partial charge >= 0.3 is 0 Å². The Hall–Kier alpha value is -0.0800. The van der Waals surface area contributed by atoms with Gasteiger partial charge < -0.3 is 5.32 Å². The Labute approximate surface area is 125 Å². The summed E-state index contributed by atoms with van der Waals surface area (Å²) < 4.78 is 0. The van der Waals surface area contributed by atoms with Crippen LogP contribution in [-0.2, 0) is 0 Å². The number of nitrogens with one attached hydrogen (secondary N) is 1. The van der Waals surface area contributed by atoms with E-state index in [0.717, 1.165) is 12.1 Å². The molecule has 3 rings (SSSR count). The molecule has 1 spiro atoms. The topological polar surface area (TPSA) is 15.3 Å². The SMILES string of the molecule is CCC1CNC2(CCCC2)CN1C1CCC(C)(C)CC1. The van der Waals surface area contributed by atoms with Gasteiger partial charge in [-0.05, 0) is 50.4 Å². The maximum atomic E-state index is 3.94. The lowest BCUT2D eigenvalue weighted by molar-refractivity contribution is 0.0118. The van der Waals surface area contributed by atoms with Gasteiger partial charge in [-0.25, -0.2) is 0 Å². The third kappa shape index (κ3) is 2.92. The van der Waals surface area contributed by atoms with E-state index in [1.807, 2.05) is 0 Å². The molecule has 2 saturated carbocycles. The van der Waals surface area contributed by atoms with E-state index in [-0.39, 0.29) is 0 Å². The van der Waals surface area contributed by atoms with E-state index < -0.39 is 0 Å². The molecule has 1 unspecified atom stereocenters. The number of rotatable bonds is 2. The minimum Gasteiger partial charge on any atom is -0.308 e. The Morgan fingerprint density at radius 3 is 2.30 bits per heavy atom. The van der Waals surface area contributed by atoms with Gasteiger partial charge in [0.1, 0.15) is 0 Å². The molecule has 1 saturated heterocycles. The van der Waals surface area contributed by atoms with Crippen molar-refractivity contribution in [3.05, 3.63) is 0 Å². The van der Waals surface area contributed by atoms with Crippen LogP contribution in [-0.4, -0.2) is 35.6 Å². The van der Waals surface area contributed by atoms with Gasteiger partial charge in [0.25, 0.3) is 0 Å².